The molecule has 1 N–H and O–H groups in total. The molecule has 3 rings (SSSR count). The number of carbonyl (C=O) groups excluding carboxylic acids is 1. The number of ether oxygens (including phenoxy) is 2. The highest BCUT2D eigenvalue weighted by atomic mass is 16.7. The first-order valence-corrected chi connectivity index (χ1v) is 6.70. The van der Waals surface area contributed by atoms with Crippen LogP contribution in [-0.2, 0) is 17.8 Å². The van der Waals surface area contributed by atoms with Crippen molar-refractivity contribution in [3.05, 3.63) is 48.0 Å². The van der Waals surface area contributed by atoms with Crippen LogP contribution >= 0.6 is 0 Å². The van der Waals surface area contributed by atoms with E-state index in [0.29, 0.717) is 19.4 Å². The fourth-order valence-corrected chi connectivity index (χ4v) is 2.06. The van der Waals surface area contributed by atoms with Crippen LogP contribution in [0, 0.1) is 0 Å². The van der Waals surface area contributed by atoms with Crippen molar-refractivity contribution in [2.24, 2.45) is 0 Å². The van der Waals surface area contributed by atoms with Gasteiger partial charge in [-0.1, -0.05) is 6.07 Å². The number of nitrogens with one attached hydrogen (secondary N) is 1. The fourth-order valence-electron chi connectivity index (χ4n) is 2.06. The lowest BCUT2D eigenvalue weighted by Crippen LogP contribution is -2.23. The highest BCUT2D eigenvalue weighted by molar-refractivity contribution is 5.76. The second kappa shape index (κ2) is 6.21. The second-order valence-corrected chi connectivity index (χ2v) is 4.71. The van der Waals surface area contributed by atoms with Gasteiger partial charge in [-0.15, -0.1) is 0 Å². The summed E-state index contributed by atoms with van der Waals surface area (Å²) < 4.78 is 10.5. The van der Waals surface area contributed by atoms with E-state index in [0.717, 1.165) is 22.6 Å². The number of carbonyl (C=O) groups is 1. The molecule has 6 heteroatoms. The number of hydrogen-bond donors (Lipinski definition) is 1. The molecule has 21 heavy (non-hydrogen) atoms. The Hall–Kier alpha value is -2.63. The van der Waals surface area contributed by atoms with Crippen LogP contribution in [0.2, 0.25) is 0 Å². The number of hydrogen-bond acceptors (Lipinski definition) is 5. The summed E-state index contributed by atoms with van der Waals surface area (Å²) in [7, 11) is 0. The number of amides is 1. The van der Waals surface area contributed by atoms with Gasteiger partial charge in [0.05, 0.1) is 0 Å². The van der Waals surface area contributed by atoms with E-state index in [2.05, 4.69) is 15.3 Å². The van der Waals surface area contributed by atoms with Gasteiger partial charge in [0.1, 0.15) is 6.33 Å². The van der Waals surface area contributed by atoms with Crippen molar-refractivity contribution in [2.45, 2.75) is 19.4 Å². The lowest BCUT2D eigenvalue weighted by atomic mass is 10.1. The molecule has 1 aliphatic rings. The lowest BCUT2D eigenvalue weighted by Gasteiger charge is -2.06. The maximum Gasteiger partial charge on any atom is 0.231 e. The number of fused-ring (bicyclic) bond motifs is 1. The maximum atomic E-state index is 11.8. The topological polar surface area (TPSA) is 73.3 Å². The minimum absolute atomic E-state index is 0.00322. The smallest absolute Gasteiger partial charge is 0.231 e. The molecule has 1 aromatic carbocycles. The Balaban J connectivity index is 1.47. The van der Waals surface area contributed by atoms with Crippen LogP contribution in [0.5, 0.6) is 11.5 Å². The molecule has 0 saturated heterocycles. The molecule has 1 aliphatic heterocycles. The Labute approximate surface area is 122 Å². The molecule has 0 atom stereocenters. The van der Waals surface area contributed by atoms with Crippen molar-refractivity contribution < 1.29 is 14.3 Å². The van der Waals surface area contributed by atoms with Crippen LogP contribution in [-0.4, -0.2) is 22.7 Å². The van der Waals surface area contributed by atoms with Crippen LogP contribution in [0.25, 0.3) is 0 Å². The third kappa shape index (κ3) is 3.47. The molecule has 6 nitrogen and oxygen atoms in total. The van der Waals surface area contributed by atoms with Crippen molar-refractivity contribution >= 4 is 5.91 Å². The standard InChI is InChI=1S/C15H15N3O3/c19-15(4-2-12-6-16-9-17-7-12)18-8-11-1-3-13-14(5-11)21-10-20-13/h1,3,5-7,9H,2,4,8,10H2,(H,18,19). The highest BCUT2D eigenvalue weighted by Gasteiger charge is 2.13. The normalized spacial score (nSPS) is 12.2. The SMILES string of the molecule is O=C(CCc1cncnc1)NCc1ccc2c(c1)OCO2. The van der Waals surface area contributed by atoms with Gasteiger partial charge in [0, 0.05) is 25.4 Å². The van der Waals surface area contributed by atoms with E-state index in [1.165, 1.54) is 6.33 Å². The predicted octanol–water partition coefficient (Wildman–Crippen LogP) is 1.45. The summed E-state index contributed by atoms with van der Waals surface area (Å²) in [5.74, 6) is 1.47. The maximum absolute atomic E-state index is 11.8. The predicted molar refractivity (Wildman–Crippen MR) is 74.8 cm³/mol. The average molecular weight is 285 g/mol. The van der Waals surface area contributed by atoms with E-state index >= 15 is 0 Å². The number of benzene rings is 1. The van der Waals surface area contributed by atoms with Crippen LogP contribution in [0.1, 0.15) is 17.5 Å². The zero-order valence-electron chi connectivity index (χ0n) is 11.4. The minimum atomic E-state index is -0.00322. The van der Waals surface area contributed by atoms with Crippen molar-refractivity contribution in [1.82, 2.24) is 15.3 Å². The zero-order chi connectivity index (χ0) is 14.5. The van der Waals surface area contributed by atoms with E-state index < -0.39 is 0 Å². The van der Waals surface area contributed by atoms with Gasteiger partial charge in [-0.3, -0.25) is 4.79 Å². The van der Waals surface area contributed by atoms with E-state index in [1.807, 2.05) is 18.2 Å². The van der Waals surface area contributed by atoms with E-state index in [-0.39, 0.29) is 12.7 Å². The van der Waals surface area contributed by atoms with Gasteiger partial charge in [-0.25, -0.2) is 9.97 Å². The Kier molecular flexibility index (Phi) is 3.95. The van der Waals surface area contributed by atoms with Gasteiger partial charge < -0.3 is 14.8 Å². The van der Waals surface area contributed by atoms with Crippen molar-refractivity contribution in [1.29, 1.82) is 0 Å². The second-order valence-electron chi connectivity index (χ2n) is 4.71. The number of aryl methyl sites for hydroxylation is 1. The Morgan fingerprint density at radius 1 is 1.14 bits per heavy atom. The molecule has 108 valence electrons. The van der Waals surface area contributed by atoms with Crippen molar-refractivity contribution in [3.63, 3.8) is 0 Å². The molecule has 1 amide bonds. The van der Waals surface area contributed by atoms with Crippen LogP contribution in [0.4, 0.5) is 0 Å². The Bertz CT molecular complexity index is 631. The van der Waals surface area contributed by atoms with Gasteiger partial charge in [-0.05, 0) is 29.7 Å². The van der Waals surface area contributed by atoms with E-state index in [4.69, 9.17) is 9.47 Å². The van der Waals surface area contributed by atoms with Crippen LogP contribution < -0.4 is 14.8 Å². The van der Waals surface area contributed by atoms with Crippen LogP contribution in [0.15, 0.2) is 36.9 Å². The number of nitrogens with zero attached hydrogens (tertiary/aromatic N) is 2. The fraction of sp³-hybridized carbons (Fsp3) is 0.267. The molecule has 1 aromatic heterocycles. The molecule has 0 bridgehead atoms. The largest absolute Gasteiger partial charge is 0.454 e. The zero-order valence-corrected chi connectivity index (χ0v) is 11.4. The molecule has 0 radical (unpaired) electrons. The first-order valence-electron chi connectivity index (χ1n) is 6.70. The van der Waals surface area contributed by atoms with Gasteiger partial charge in [0.25, 0.3) is 0 Å². The molecule has 0 saturated carbocycles. The monoisotopic (exact) mass is 285 g/mol. The third-order valence-electron chi connectivity index (χ3n) is 3.18. The molecular weight excluding hydrogens is 270 g/mol. The summed E-state index contributed by atoms with van der Waals surface area (Å²) in [4.78, 5) is 19.7. The molecule has 0 aliphatic carbocycles. The van der Waals surface area contributed by atoms with Gasteiger partial charge in [0.2, 0.25) is 12.7 Å². The average Bonchev–Trinajstić information content (AvgIpc) is 2.99. The summed E-state index contributed by atoms with van der Waals surface area (Å²) in [5.41, 5.74) is 1.94. The molecule has 2 aromatic rings. The van der Waals surface area contributed by atoms with Crippen molar-refractivity contribution in [2.75, 3.05) is 6.79 Å². The summed E-state index contributed by atoms with van der Waals surface area (Å²) in [5, 5.41) is 2.88. The summed E-state index contributed by atoms with van der Waals surface area (Å²) in [6.45, 7) is 0.727. The summed E-state index contributed by atoms with van der Waals surface area (Å²) in [6.07, 6.45) is 5.96. The third-order valence-corrected chi connectivity index (χ3v) is 3.18. The first kappa shape index (κ1) is 13.4. The van der Waals surface area contributed by atoms with Gasteiger partial charge in [-0.2, -0.15) is 0 Å². The van der Waals surface area contributed by atoms with Gasteiger partial charge in [0.15, 0.2) is 11.5 Å². The number of rotatable bonds is 5. The highest BCUT2D eigenvalue weighted by Crippen LogP contribution is 2.32. The molecule has 2 heterocycles. The Morgan fingerprint density at radius 2 is 1.95 bits per heavy atom. The first-order chi connectivity index (χ1) is 10.3. The van der Waals surface area contributed by atoms with Crippen LogP contribution in [0.3, 0.4) is 0 Å². The van der Waals surface area contributed by atoms with E-state index in [9.17, 15) is 4.79 Å². The molecule has 0 spiro atoms. The Morgan fingerprint density at radius 3 is 2.81 bits per heavy atom. The van der Waals surface area contributed by atoms with Gasteiger partial charge >= 0.3 is 0 Å². The van der Waals surface area contributed by atoms with Crippen molar-refractivity contribution in [3.8, 4) is 11.5 Å². The molecule has 0 fully saturated rings. The summed E-state index contributed by atoms with van der Waals surface area (Å²) in [6, 6.07) is 5.65. The number of aromatic nitrogens is 2. The quantitative estimate of drug-likeness (QED) is 0.900. The van der Waals surface area contributed by atoms with E-state index in [1.54, 1.807) is 12.4 Å². The molecule has 0 unspecified atom stereocenters. The summed E-state index contributed by atoms with van der Waals surface area (Å²) >= 11 is 0. The minimum Gasteiger partial charge on any atom is -0.454 e. The molecular formula is C15H15N3O3. The lowest BCUT2D eigenvalue weighted by molar-refractivity contribution is -0.121.